The highest BCUT2D eigenvalue weighted by molar-refractivity contribution is 5.88. The van der Waals surface area contributed by atoms with E-state index in [2.05, 4.69) is 5.10 Å². The molecule has 2 rings (SSSR count). The molecule has 0 aliphatic heterocycles. The van der Waals surface area contributed by atoms with Crippen LogP contribution in [0.2, 0.25) is 0 Å². The van der Waals surface area contributed by atoms with Gasteiger partial charge in [-0.25, -0.2) is 13.9 Å². The second-order valence-electron chi connectivity index (χ2n) is 3.49. The number of benzene rings is 1. The van der Waals surface area contributed by atoms with Crippen molar-refractivity contribution in [3.63, 3.8) is 0 Å². The molecule has 18 heavy (non-hydrogen) atoms. The van der Waals surface area contributed by atoms with E-state index < -0.39 is 18.3 Å². The highest BCUT2D eigenvalue weighted by atomic mass is 19.3. The molecule has 2 aromatic rings. The molecular formula is C11H7F3N2O2. The summed E-state index contributed by atoms with van der Waals surface area (Å²) in [7, 11) is 0. The summed E-state index contributed by atoms with van der Waals surface area (Å²) in [4.78, 5) is 10.6. The van der Waals surface area contributed by atoms with E-state index in [0.29, 0.717) is 4.68 Å². The van der Waals surface area contributed by atoms with Gasteiger partial charge in [-0.05, 0) is 12.1 Å². The van der Waals surface area contributed by atoms with Gasteiger partial charge in [0.05, 0.1) is 11.8 Å². The van der Waals surface area contributed by atoms with Gasteiger partial charge in [0.25, 0.3) is 0 Å². The number of aromatic carboxylic acids is 1. The molecule has 7 heteroatoms. The van der Waals surface area contributed by atoms with Crippen LogP contribution < -0.4 is 0 Å². The van der Waals surface area contributed by atoms with Gasteiger partial charge in [0.15, 0.2) is 0 Å². The maximum absolute atomic E-state index is 13.6. The fourth-order valence-electron chi connectivity index (χ4n) is 1.47. The summed E-state index contributed by atoms with van der Waals surface area (Å²) >= 11 is 0. The molecule has 0 bridgehead atoms. The van der Waals surface area contributed by atoms with Crippen LogP contribution in [0.15, 0.2) is 30.6 Å². The molecule has 0 aliphatic rings. The topological polar surface area (TPSA) is 55.1 Å². The Morgan fingerprint density at radius 3 is 2.61 bits per heavy atom. The number of rotatable bonds is 3. The summed E-state index contributed by atoms with van der Waals surface area (Å²) in [6.07, 6.45) is 2.08. The largest absolute Gasteiger partial charge is 0.478 e. The molecule has 0 fully saturated rings. The van der Waals surface area contributed by atoms with Crippen molar-refractivity contribution in [2.45, 2.75) is 6.55 Å². The molecule has 0 saturated carbocycles. The zero-order valence-corrected chi connectivity index (χ0v) is 8.85. The molecule has 1 heterocycles. The lowest BCUT2D eigenvalue weighted by Crippen LogP contribution is -1.98. The number of hydrogen-bond donors (Lipinski definition) is 1. The van der Waals surface area contributed by atoms with Gasteiger partial charge in [0.2, 0.25) is 0 Å². The molecule has 1 aromatic heterocycles. The molecular weight excluding hydrogens is 249 g/mol. The highest BCUT2D eigenvalue weighted by Crippen LogP contribution is 2.24. The van der Waals surface area contributed by atoms with Crippen LogP contribution >= 0.6 is 0 Å². The van der Waals surface area contributed by atoms with Crippen molar-refractivity contribution in [3.8, 4) is 11.1 Å². The van der Waals surface area contributed by atoms with Gasteiger partial charge >= 0.3 is 12.5 Å². The lowest BCUT2D eigenvalue weighted by Gasteiger charge is -2.01. The predicted molar refractivity (Wildman–Crippen MR) is 55.8 cm³/mol. The van der Waals surface area contributed by atoms with Gasteiger partial charge in [0, 0.05) is 17.3 Å². The summed E-state index contributed by atoms with van der Waals surface area (Å²) in [6, 6.07) is 3.24. The molecule has 0 saturated heterocycles. The third kappa shape index (κ3) is 2.20. The monoisotopic (exact) mass is 256 g/mol. The fraction of sp³-hybridized carbons (Fsp3) is 0.0909. The molecule has 94 valence electrons. The highest BCUT2D eigenvalue weighted by Gasteiger charge is 2.13. The molecule has 1 aromatic carbocycles. The van der Waals surface area contributed by atoms with Crippen molar-refractivity contribution in [1.82, 2.24) is 9.78 Å². The number of halogens is 3. The number of carboxylic acid groups (broad SMARTS) is 1. The van der Waals surface area contributed by atoms with E-state index in [1.807, 2.05) is 0 Å². The van der Waals surface area contributed by atoms with Crippen molar-refractivity contribution in [1.29, 1.82) is 0 Å². The van der Waals surface area contributed by atoms with Gasteiger partial charge in [-0.3, -0.25) is 0 Å². The van der Waals surface area contributed by atoms with Gasteiger partial charge in [-0.2, -0.15) is 13.9 Å². The second kappa shape index (κ2) is 4.52. The molecule has 0 radical (unpaired) electrons. The number of carbonyl (C=O) groups is 1. The summed E-state index contributed by atoms with van der Waals surface area (Å²) in [5.74, 6) is -2.06. The smallest absolute Gasteiger partial charge is 0.335 e. The van der Waals surface area contributed by atoms with Crippen LogP contribution in [-0.4, -0.2) is 20.9 Å². The Hall–Kier alpha value is -2.31. The van der Waals surface area contributed by atoms with E-state index in [0.717, 1.165) is 18.5 Å². The molecule has 0 aliphatic carbocycles. The lowest BCUT2D eigenvalue weighted by molar-refractivity contribution is 0.0566. The van der Waals surface area contributed by atoms with Crippen LogP contribution in [0.3, 0.4) is 0 Å². The number of carboxylic acids is 1. The van der Waals surface area contributed by atoms with Gasteiger partial charge in [0.1, 0.15) is 5.82 Å². The normalized spacial score (nSPS) is 10.9. The zero-order valence-electron chi connectivity index (χ0n) is 8.85. The third-order valence-corrected chi connectivity index (χ3v) is 2.33. The first-order valence-corrected chi connectivity index (χ1v) is 4.84. The van der Waals surface area contributed by atoms with E-state index in [4.69, 9.17) is 5.11 Å². The van der Waals surface area contributed by atoms with Crippen molar-refractivity contribution < 1.29 is 23.1 Å². The average Bonchev–Trinajstić information content (AvgIpc) is 2.78. The third-order valence-electron chi connectivity index (χ3n) is 2.33. The first kappa shape index (κ1) is 12.2. The SMILES string of the molecule is O=C(O)c1ccc(-c2cnn(C(F)F)c2)c(F)c1. The zero-order chi connectivity index (χ0) is 13.3. The summed E-state index contributed by atoms with van der Waals surface area (Å²) < 4.78 is 38.6. The Morgan fingerprint density at radius 1 is 1.39 bits per heavy atom. The Kier molecular flexibility index (Phi) is 3.05. The Balaban J connectivity index is 2.41. The van der Waals surface area contributed by atoms with Crippen molar-refractivity contribution in [2.75, 3.05) is 0 Å². The maximum Gasteiger partial charge on any atom is 0.335 e. The number of hydrogen-bond acceptors (Lipinski definition) is 2. The van der Waals surface area contributed by atoms with Gasteiger partial charge in [-0.1, -0.05) is 6.07 Å². The van der Waals surface area contributed by atoms with Crippen LogP contribution in [0.1, 0.15) is 16.9 Å². The minimum Gasteiger partial charge on any atom is -0.478 e. The maximum atomic E-state index is 13.6. The molecule has 4 nitrogen and oxygen atoms in total. The van der Waals surface area contributed by atoms with Gasteiger partial charge in [-0.15, -0.1) is 0 Å². The van der Waals surface area contributed by atoms with Crippen LogP contribution in [-0.2, 0) is 0 Å². The lowest BCUT2D eigenvalue weighted by atomic mass is 10.1. The first-order chi connectivity index (χ1) is 8.49. The molecule has 0 spiro atoms. The molecule has 0 unspecified atom stereocenters. The molecule has 1 N–H and O–H groups in total. The van der Waals surface area contributed by atoms with Crippen molar-refractivity contribution in [3.05, 3.63) is 42.0 Å². The minimum atomic E-state index is -2.81. The quantitative estimate of drug-likeness (QED) is 0.918. The Morgan fingerprint density at radius 2 is 2.11 bits per heavy atom. The standard InChI is InChI=1S/C11H7F3N2O2/c12-9-3-6(10(17)18)1-2-8(9)7-4-15-16(5-7)11(13)14/h1-5,11H,(H,17,18). The Labute approximate surface area is 99.3 Å². The number of aromatic nitrogens is 2. The number of alkyl halides is 2. The van der Waals surface area contributed by atoms with Crippen LogP contribution in [0.4, 0.5) is 13.2 Å². The summed E-state index contributed by atoms with van der Waals surface area (Å²) in [5, 5.41) is 12.0. The van der Waals surface area contributed by atoms with E-state index in [1.54, 1.807) is 0 Å². The second-order valence-corrected chi connectivity index (χ2v) is 3.49. The first-order valence-electron chi connectivity index (χ1n) is 4.84. The van der Waals surface area contributed by atoms with Crippen LogP contribution in [0.25, 0.3) is 11.1 Å². The fourth-order valence-corrected chi connectivity index (χ4v) is 1.47. The predicted octanol–water partition coefficient (Wildman–Crippen LogP) is 2.78. The van der Waals surface area contributed by atoms with E-state index in [1.165, 1.54) is 12.1 Å². The summed E-state index contributed by atoms with van der Waals surface area (Å²) in [5.41, 5.74) is -0.0332. The minimum absolute atomic E-state index is 0.0203. The van der Waals surface area contributed by atoms with E-state index >= 15 is 0 Å². The van der Waals surface area contributed by atoms with Crippen molar-refractivity contribution >= 4 is 5.97 Å². The van der Waals surface area contributed by atoms with Crippen LogP contribution in [0.5, 0.6) is 0 Å². The molecule has 0 atom stereocenters. The van der Waals surface area contributed by atoms with Crippen LogP contribution in [0, 0.1) is 5.82 Å². The molecule has 0 amide bonds. The van der Waals surface area contributed by atoms with E-state index in [9.17, 15) is 18.0 Å². The number of nitrogens with zero attached hydrogens (tertiary/aromatic N) is 2. The van der Waals surface area contributed by atoms with Crippen molar-refractivity contribution in [2.24, 2.45) is 0 Å². The Bertz CT molecular complexity index is 596. The van der Waals surface area contributed by atoms with Gasteiger partial charge < -0.3 is 5.11 Å². The summed E-state index contributed by atoms with van der Waals surface area (Å²) in [6.45, 7) is -2.81. The van der Waals surface area contributed by atoms with E-state index in [-0.39, 0.29) is 16.7 Å². The average molecular weight is 256 g/mol.